The Kier molecular flexibility index (Phi) is 22.4. The maximum absolute atomic E-state index is 13.0. The summed E-state index contributed by atoms with van der Waals surface area (Å²) in [5.41, 5.74) is 0. The first-order valence-electron chi connectivity index (χ1n) is 18.0. The zero-order valence-corrected chi connectivity index (χ0v) is 30.1. The zero-order chi connectivity index (χ0) is 33.6. The number of nitrogens with zero attached hydrogens (tertiary/aromatic N) is 1. The Labute approximate surface area is 275 Å². The van der Waals surface area contributed by atoms with E-state index in [4.69, 9.17) is 9.47 Å². The van der Waals surface area contributed by atoms with Crippen molar-refractivity contribution in [2.24, 2.45) is 0 Å². The fourth-order valence-corrected chi connectivity index (χ4v) is 5.64. The topological polar surface area (TPSA) is 121 Å². The fraction of sp³-hybridized carbons (Fsp3) is 0.914. The van der Waals surface area contributed by atoms with Crippen LogP contribution in [0.5, 0.6) is 0 Å². The van der Waals surface area contributed by atoms with Crippen molar-refractivity contribution in [1.82, 2.24) is 26.2 Å². The van der Waals surface area contributed by atoms with Crippen LogP contribution in [0.4, 0.5) is 0 Å². The first-order valence-corrected chi connectivity index (χ1v) is 18.0. The van der Waals surface area contributed by atoms with Crippen LogP contribution in [0.1, 0.15) is 132 Å². The molecule has 1 heterocycles. The van der Waals surface area contributed by atoms with Crippen LogP contribution in [0.15, 0.2) is 0 Å². The number of likely N-dealkylation sites (tertiary alicyclic amines) is 1. The number of hydrogen-bond donors (Lipinski definition) is 4. The first-order chi connectivity index (χ1) is 21.4. The van der Waals surface area contributed by atoms with Crippen molar-refractivity contribution in [3.63, 3.8) is 0 Å². The molecule has 0 unspecified atom stereocenters. The van der Waals surface area contributed by atoms with E-state index in [1.54, 1.807) is 0 Å². The number of nitrogens with one attached hydrogen (secondary N) is 4. The standard InChI is InChI=1S/C35H69N5O5/c1-26(2)36-20-16-13-17-32(39-27(3)4)35(43)38-22-15-9-11-18-33(41)37-21-14-10-12-19-34(42)40-24-31(45-29(7)8)23-30(40)25-44-28(5)6/h26-32,36,39H,9-25H2,1-8H3,(H,37,41)(H,38,43)/t30-,31+,32+/m0/s1. The summed E-state index contributed by atoms with van der Waals surface area (Å²) >= 11 is 0. The Morgan fingerprint density at radius 1 is 0.733 bits per heavy atom. The molecule has 4 N–H and O–H groups in total. The minimum absolute atomic E-state index is 0.0697. The van der Waals surface area contributed by atoms with Gasteiger partial charge in [0.2, 0.25) is 17.7 Å². The highest BCUT2D eigenvalue weighted by Crippen LogP contribution is 2.24. The van der Waals surface area contributed by atoms with Crippen LogP contribution in [-0.2, 0) is 23.9 Å². The summed E-state index contributed by atoms with van der Waals surface area (Å²) in [7, 11) is 0. The van der Waals surface area contributed by atoms with Gasteiger partial charge in [-0.2, -0.15) is 0 Å². The Bertz CT molecular complexity index is 807. The van der Waals surface area contributed by atoms with Crippen molar-refractivity contribution in [2.45, 2.75) is 175 Å². The molecule has 10 nitrogen and oxygen atoms in total. The predicted octanol–water partition coefficient (Wildman–Crippen LogP) is 4.69. The van der Waals surface area contributed by atoms with E-state index in [9.17, 15) is 14.4 Å². The molecule has 0 spiro atoms. The van der Waals surface area contributed by atoms with Gasteiger partial charge in [0.25, 0.3) is 0 Å². The van der Waals surface area contributed by atoms with E-state index in [1.807, 2.05) is 32.6 Å². The molecule has 10 heteroatoms. The molecule has 1 saturated heterocycles. The molecule has 0 saturated carbocycles. The molecule has 0 aromatic rings. The van der Waals surface area contributed by atoms with Gasteiger partial charge < -0.3 is 35.6 Å². The van der Waals surface area contributed by atoms with Gasteiger partial charge in [-0.25, -0.2) is 0 Å². The molecule has 1 aliphatic heterocycles. The second-order valence-corrected chi connectivity index (χ2v) is 13.9. The molecule has 0 aromatic heterocycles. The summed E-state index contributed by atoms with van der Waals surface area (Å²) in [6.45, 7) is 20.0. The smallest absolute Gasteiger partial charge is 0.237 e. The van der Waals surface area contributed by atoms with Crippen LogP contribution < -0.4 is 21.3 Å². The molecule has 264 valence electrons. The van der Waals surface area contributed by atoms with E-state index in [0.29, 0.717) is 45.1 Å². The highest BCUT2D eigenvalue weighted by molar-refractivity contribution is 5.81. The van der Waals surface area contributed by atoms with Gasteiger partial charge in [-0.15, -0.1) is 0 Å². The summed E-state index contributed by atoms with van der Waals surface area (Å²) in [5, 5.41) is 12.9. The van der Waals surface area contributed by atoms with Crippen molar-refractivity contribution >= 4 is 17.7 Å². The van der Waals surface area contributed by atoms with Gasteiger partial charge in [0.15, 0.2) is 0 Å². The molecule has 3 atom stereocenters. The van der Waals surface area contributed by atoms with Gasteiger partial charge in [-0.3, -0.25) is 14.4 Å². The number of amides is 3. The second kappa shape index (κ2) is 24.4. The van der Waals surface area contributed by atoms with Crippen molar-refractivity contribution in [2.75, 3.05) is 32.8 Å². The summed E-state index contributed by atoms with van der Waals surface area (Å²) in [6.07, 6.45) is 10.3. The molecule has 45 heavy (non-hydrogen) atoms. The minimum Gasteiger partial charge on any atom is -0.377 e. The van der Waals surface area contributed by atoms with Crippen molar-refractivity contribution in [3.05, 3.63) is 0 Å². The molecule has 0 aromatic carbocycles. The third-order valence-electron chi connectivity index (χ3n) is 7.88. The van der Waals surface area contributed by atoms with Crippen LogP contribution in [0, 0.1) is 0 Å². The number of carbonyl (C=O) groups is 3. The van der Waals surface area contributed by atoms with E-state index in [1.165, 1.54) is 0 Å². The molecular formula is C35H69N5O5. The monoisotopic (exact) mass is 640 g/mol. The van der Waals surface area contributed by atoms with E-state index < -0.39 is 0 Å². The molecule has 1 aliphatic rings. The van der Waals surface area contributed by atoms with Gasteiger partial charge >= 0.3 is 0 Å². The van der Waals surface area contributed by atoms with Crippen LogP contribution in [0.2, 0.25) is 0 Å². The van der Waals surface area contributed by atoms with Crippen molar-refractivity contribution < 1.29 is 23.9 Å². The lowest BCUT2D eigenvalue weighted by Gasteiger charge is -2.25. The second-order valence-electron chi connectivity index (χ2n) is 13.9. The lowest BCUT2D eigenvalue weighted by atomic mass is 10.1. The Morgan fingerprint density at radius 3 is 2.00 bits per heavy atom. The number of carbonyl (C=O) groups excluding carboxylic acids is 3. The Balaban J connectivity index is 2.16. The van der Waals surface area contributed by atoms with Gasteiger partial charge in [-0.05, 0) is 79.2 Å². The highest BCUT2D eigenvalue weighted by atomic mass is 16.5. The molecule has 0 aliphatic carbocycles. The maximum atomic E-state index is 13.0. The van der Waals surface area contributed by atoms with E-state index in [2.05, 4.69) is 49.0 Å². The zero-order valence-electron chi connectivity index (χ0n) is 30.1. The SMILES string of the molecule is CC(C)NCCCC[C@@H](NC(C)C)C(=O)NCCCCCC(=O)NCCCCCC(=O)N1C[C@H](OC(C)C)C[C@H]1COC(C)C. The minimum atomic E-state index is -0.161. The van der Waals surface area contributed by atoms with Crippen LogP contribution >= 0.6 is 0 Å². The summed E-state index contributed by atoms with van der Waals surface area (Å²) in [4.78, 5) is 39.9. The molecule has 1 fully saturated rings. The molecule has 0 bridgehead atoms. The lowest BCUT2D eigenvalue weighted by Crippen LogP contribution is -2.47. The highest BCUT2D eigenvalue weighted by Gasteiger charge is 2.36. The van der Waals surface area contributed by atoms with E-state index >= 15 is 0 Å². The number of hydrogen-bond acceptors (Lipinski definition) is 7. The van der Waals surface area contributed by atoms with Crippen LogP contribution in [-0.4, -0.2) is 97.9 Å². The summed E-state index contributed by atoms with van der Waals surface area (Å²) < 4.78 is 11.8. The molecule has 1 rings (SSSR count). The fourth-order valence-electron chi connectivity index (χ4n) is 5.64. The largest absolute Gasteiger partial charge is 0.377 e. The summed E-state index contributed by atoms with van der Waals surface area (Å²) in [6, 6.07) is 0.656. The van der Waals surface area contributed by atoms with Crippen LogP contribution in [0.25, 0.3) is 0 Å². The average Bonchev–Trinajstić information content (AvgIpc) is 3.36. The maximum Gasteiger partial charge on any atom is 0.237 e. The Hall–Kier alpha value is -1.75. The lowest BCUT2D eigenvalue weighted by molar-refractivity contribution is -0.134. The van der Waals surface area contributed by atoms with Gasteiger partial charge in [-0.1, -0.05) is 47.0 Å². The first kappa shape index (κ1) is 41.3. The van der Waals surface area contributed by atoms with Gasteiger partial charge in [0.05, 0.1) is 37.0 Å². The predicted molar refractivity (Wildman–Crippen MR) is 183 cm³/mol. The number of rotatable bonds is 26. The quantitative estimate of drug-likeness (QED) is 0.101. The van der Waals surface area contributed by atoms with Crippen molar-refractivity contribution in [3.8, 4) is 0 Å². The van der Waals surface area contributed by atoms with E-state index in [0.717, 1.165) is 70.8 Å². The molecular weight excluding hydrogens is 570 g/mol. The van der Waals surface area contributed by atoms with E-state index in [-0.39, 0.29) is 54.2 Å². The van der Waals surface area contributed by atoms with Crippen molar-refractivity contribution in [1.29, 1.82) is 0 Å². The number of unbranched alkanes of at least 4 members (excludes halogenated alkanes) is 5. The average molecular weight is 640 g/mol. The third-order valence-corrected chi connectivity index (χ3v) is 7.88. The summed E-state index contributed by atoms with van der Waals surface area (Å²) in [5.74, 6) is 0.318. The van der Waals surface area contributed by atoms with Gasteiger partial charge in [0.1, 0.15) is 0 Å². The van der Waals surface area contributed by atoms with Gasteiger partial charge in [0, 0.05) is 44.6 Å². The normalized spacial score (nSPS) is 17.6. The number of ether oxygens (including phenoxy) is 2. The third kappa shape index (κ3) is 20.9. The van der Waals surface area contributed by atoms with Crippen LogP contribution in [0.3, 0.4) is 0 Å². The molecule has 3 amide bonds. The molecule has 0 radical (unpaired) electrons. The Morgan fingerprint density at radius 2 is 1.38 bits per heavy atom.